The first-order valence-corrected chi connectivity index (χ1v) is 18.4. The van der Waals surface area contributed by atoms with E-state index in [-0.39, 0.29) is 5.41 Å². The topological polar surface area (TPSA) is 8.17 Å². The quantitative estimate of drug-likeness (QED) is 0.179. The van der Waals surface area contributed by atoms with Crippen molar-refractivity contribution in [1.82, 2.24) is 4.57 Å². The smallest absolute Gasteiger partial charge is 0.0541 e. The van der Waals surface area contributed by atoms with Crippen molar-refractivity contribution in [1.29, 1.82) is 0 Å². The molecule has 51 heavy (non-hydrogen) atoms. The zero-order valence-corrected chi connectivity index (χ0v) is 30.0. The lowest BCUT2D eigenvalue weighted by Crippen LogP contribution is -2.21. The average molecular weight is 659 g/mol. The molecule has 2 heteroatoms. The van der Waals surface area contributed by atoms with Gasteiger partial charge in [-0.1, -0.05) is 109 Å². The van der Waals surface area contributed by atoms with Crippen molar-refractivity contribution in [3.63, 3.8) is 0 Å². The van der Waals surface area contributed by atoms with Crippen molar-refractivity contribution in [2.24, 2.45) is 11.8 Å². The molecule has 2 atom stereocenters. The number of hydrogen-bond acceptors (Lipinski definition) is 1. The standard InChI is InChI=1S/C49H42N2/c1-30-13-19-34(20-14-30)51(47-12-8-11-43-48(47)37-9-6-7-10-42(37)49(43,4)5)46-26-23-36(38-29-41(38)46)33-17-21-35(22-18-33)50-44-24-15-31(2)27-39(44)40-28-32(3)16-25-45(40)50/h6-28,38,41H,29H2,1-5H3. The number of benzene rings is 6. The van der Waals surface area contributed by atoms with Crippen molar-refractivity contribution in [3.05, 3.63) is 179 Å². The van der Waals surface area contributed by atoms with Gasteiger partial charge in [-0.3, -0.25) is 0 Å². The molecule has 2 unspecified atom stereocenters. The van der Waals surface area contributed by atoms with Crippen LogP contribution >= 0.6 is 0 Å². The third-order valence-corrected chi connectivity index (χ3v) is 11.9. The first kappa shape index (κ1) is 30.2. The van der Waals surface area contributed by atoms with Crippen LogP contribution in [-0.2, 0) is 5.41 Å². The average Bonchev–Trinajstić information content (AvgIpc) is 3.84. The van der Waals surface area contributed by atoms with Crippen molar-refractivity contribution < 1.29 is 0 Å². The van der Waals surface area contributed by atoms with E-state index in [9.17, 15) is 0 Å². The maximum atomic E-state index is 2.57. The minimum Gasteiger partial charge on any atom is -0.313 e. The Morgan fingerprint density at radius 2 is 1.25 bits per heavy atom. The van der Waals surface area contributed by atoms with E-state index in [1.165, 1.54) is 101 Å². The Bertz CT molecular complexity index is 2550. The molecule has 0 N–H and O–H groups in total. The van der Waals surface area contributed by atoms with E-state index in [1.54, 1.807) is 0 Å². The van der Waals surface area contributed by atoms with Crippen LogP contribution in [0.1, 0.15) is 53.6 Å². The molecule has 3 aliphatic carbocycles. The molecule has 1 saturated carbocycles. The highest BCUT2D eigenvalue weighted by molar-refractivity contribution is 6.09. The molecule has 0 saturated heterocycles. The molecule has 10 rings (SSSR count). The van der Waals surface area contributed by atoms with Gasteiger partial charge in [-0.25, -0.2) is 0 Å². The number of hydrogen-bond donors (Lipinski definition) is 0. The number of fused-ring (bicyclic) bond motifs is 7. The van der Waals surface area contributed by atoms with Gasteiger partial charge in [0, 0.05) is 44.7 Å². The van der Waals surface area contributed by atoms with E-state index < -0.39 is 0 Å². The number of nitrogens with zero attached hydrogens (tertiary/aromatic N) is 2. The Morgan fingerprint density at radius 1 is 0.608 bits per heavy atom. The number of aromatic nitrogens is 1. The lowest BCUT2D eigenvalue weighted by Gasteiger charge is -2.32. The Morgan fingerprint density at radius 3 is 1.96 bits per heavy atom. The lowest BCUT2D eigenvalue weighted by atomic mass is 9.82. The van der Waals surface area contributed by atoms with Crippen LogP contribution in [0.2, 0.25) is 0 Å². The van der Waals surface area contributed by atoms with Gasteiger partial charge in [0.2, 0.25) is 0 Å². The first-order valence-electron chi connectivity index (χ1n) is 18.4. The molecule has 1 aromatic heterocycles. The molecule has 7 aromatic rings. The molecule has 0 bridgehead atoms. The maximum Gasteiger partial charge on any atom is 0.0541 e. The second kappa shape index (κ2) is 10.9. The third kappa shape index (κ3) is 4.55. The van der Waals surface area contributed by atoms with Crippen LogP contribution in [0, 0.1) is 32.6 Å². The summed E-state index contributed by atoms with van der Waals surface area (Å²) in [7, 11) is 0. The third-order valence-electron chi connectivity index (χ3n) is 11.9. The number of allylic oxidation sites excluding steroid dienone is 4. The summed E-state index contributed by atoms with van der Waals surface area (Å²) < 4.78 is 2.43. The van der Waals surface area contributed by atoms with Crippen molar-refractivity contribution >= 4 is 38.8 Å². The van der Waals surface area contributed by atoms with Gasteiger partial charge in [-0.15, -0.1) is 0 Å². The summed E-state index contributed by atoms with van der Waals surface area (Å²) in [5, 5.41) is 2.64. The van der Waals surface area contributed by atoms with Crippen LogP contribution < -0.4 is 4.90 Å². The first-order chi connectivity index (χ1) is 24.8. The van der Waals surface area contributed by atoms with Gasteiger partial charge in [0.15, 0.2) is 0 Å². The van der Waals surface area contributed by atoms with Gasteiger partial charge in [0.05, 0.1) is 16.7 Å². The Balaban J connectivity index is 1.07. The Hall–Kier alpha value is -5.60. The molecule has 3 aliphatic rings. The number of anilines is 2. The summed E-state index contributed by atoms with van der Waals surface area (Å²) >= 11 is 0. The SMILES string of the molecule is Cc1ccc(N(C2=CC=C(c3ccc(-n4c5ccc(C)cc5c5cc(C)ccc54)cc3)C3CC23)c2cccc3c2-c2ccccc2C3(C)C)cc1. The minimum absolute atomic E-state index is 0.0414. The summed E-state index contributed by atoms with van der Waals surface area (Å²) in [6, 6.07) is 48.0. The predicted molar refractivity (Wildman–Crippen MR) is 215 cm³/mol. The summed E-state index contributed by atoms with van der Waals surface area (Å²) in [5.74, 6) is 0.999. The highest BCUT2D eigenvalue weighted by Crippen LogP contribution is 2.59. The molecule has 1 fully saturated rings. The van der Waals surface area contributed by atoms with E-state index >= 15 is 0 Å². The highest BCUT2D eigenvalue weighted by Gasteiger charge is 2.47. The summed E-state index contributed by atoms with van der Waals surface area (Å²) in [6.07, 6.45) is 6.00. The monoisotopic (exact) mass is 658 g/mol. The van der Waals surface area contributed by atoms with Gasteiger partial charge < -0.3 is 9.47 Å². The van der Waals surface area contributed by atoms with E-state index in [1.807, 2.05) is 0 Å². The van der Waals surface area contributed by atoms with Crippen molar-refractivity contribution in [2.45, 2.75) is 46.5 Å². The fourth-order valence-electron chi connectivity index (χ4n) is 9.21. The molecule has 6 aromatic carbocycles. The zero-order chi connectivity index (χ0) is 34.6. The second-order valence-corrected chi connectivity index (χ2v) is 15.6. The van der Waals surface area contributed by atoms with Crippen LogP contribution in [0.3, 0.4) is 0 Å². The normalized spacial score (nSPS) is 18.2. The van der Waals surface area contributed by atoms with Gasteiger partial charge in [-0.05, 0) is 122 Å². The van der Waals surface area contributed by atoms with E-state index in [0.29, 0.717) is 11.8 Å². The molecular formula is C49H42N2. The van der Waals surface area contributed by atoms with E-state index in [0.717, 1.165) is 0 Å². The molecular weight excluding hydrogens is 617 g/mol. The Labute approximate surface area is 301 Å². The molecule has 0 spiro atoms. The Kier molecular flexibility index (Phi) is 6.49. The molecule has 0 aliphatic heterocycles. The summed E-state index contributed by atoms with van der Waals surface area (Å²) in [5.41, 5.74) is 19.8. The van der Waals surface area contributed by atoms with Crippen LogP contribution in [0.4, 0.5) is 11.4 Å². The lowest BCUT2D eigenvalue weighted by molar-refractivity contribution is 0.660. The van der Waals surface area contributed by atoms with Crippen LogP contribution in [0.5, 0.6) is 0 Å². The van der Waals surface area contributed by atoms with Gasteiger partial charge in [0.25, 0.3) is 0 Å². The summed E-state index contributed by atoms with van der Waals surface area (Å²) in [4.78, 5) is 2.57. The highest BCUT2D eigenvalue weighted by atomic mass is 15.2. The van der Waals surface area contributed by atoms with Gasteiger partial charge in [-0.2, -0.15) is 0 Å². The van der Waals surface area contributed by atoms with Crippen LogP contribution in [-0.4, -0.2) is 4.57 Å². The predicted octanol–water partition coefficient (Wildman–Crippen LogP) is 12.8. The molecule has 248 valence electrons. The molecule has 0 amide bonds. The van der Waals surface area contributed by atoms with Gasteiger partial charge in [0.1, 0.15) is 0 Å². The minimum atomic E-state index is -0.0414. The van der Waals surface area contributed by atoms with Crippen molar-refractivity contribution in [2.75, 3.05) is 4.90 Å². The van der Waals surface area contributed by atoms with Crippen molar-refractivity contribution in [3.8, 4) is 16.8 Å². The molecule has 0 radical (unpaired) electrons. The summed E-state index contributed by atoms with van der Waals surface area (Å²) in [6.45, 7) is 11.3. The molecule has 2 nitrogen and oxygen atoms in total. The van der Waals surface area contributed by atoms with E-state index in [4.69, 9.17) is 0 Å². The second-order valence-electron chi connectivity index (χ2n) is 15.6. The number of rotatable bonds is 5. The fraction of sp³-hybridized carbons (Fsp3) is 0.184. The van der Waals surface area contributed by atoms with E-state index in [2.05, 4.69) is 184 Å². The molecule has 1 heterocycles. The number of aryl methyl sites for hydroxylation is 3. The maximum absolute atomic E-state index is 2.57. The largest absolute Gasteiger partial charge is 0.313 e. The van der Waals surface area contributed by atoms with Crippen LogP contribution in [0.15, 0.2) is 145 Å². The van der Waals surface area contributed by atoms with Crippen LogP contribution in [0.25, 0.3) is 44.2 Å². The zero-order valence-electron chi connectivity index (χ0n) is 30.0. The van der Waals surface area contributed by atoms with Gasteiger partial charge >= 0.3 is 0 Å². The fourth-order valence-corrected chi connectivity index (χ4v) is 9.21.